The molecule has 4 N–H and O–H groups in total. The number of nitrogens with two attached hydrogens (primary N) is 2. The number of rotatable bonds is 5. The Kier molecular flexibility index (Phi) is 5.69. The van der Waals surface area contributed by atoms with Crippen LogP contribution in [0.4, 0.5) is 13.2 Å². The Hall–Kier alpha value is -4.79. The fourth-order valence-corrected chi connectivity index (χ4v) is 3.87. The SMILES string of the molecule is Cc1c(-c2c(C(N)=O)nc3ccccc3c2C(N)=O)c(C(F)(F)F)nn1Cc1cccc(C#N)n1. The number of nitriles is 1. The van der Waals surface area contributed by atoms with Crippen LogP contribution in [0.25, 0.3) is 22.0 Å². The number of aromatic nitrogens is 4. The summed E-state index contributed by atoms with van der Waals surface area (Å²) >= 11 is 0. The van der Waals surface area contributed by atoms with Gasteiger partial charge in [-0.3, -0.25) is 14.3 Å². The van der Waals surface area contributed by atoms with Crippen LogP contribution in [0.5, 0.6) is 0 Å². The van der Waals surface area contributed by atoms with Gasteiger partial charge in [-0.2, -0.15) is 23.5 Å². The molecule has 0 unspecified atom stereocenters. The maximum Gasteiger partial charge on any atom is 0.435 e. The molecular weight excluding hydrogens is 463 g/mol. The van der Waals surface area contributed by atoms with Crippen LogP contribution in [-0.4, -0.2) is 31.6 Å². The van der Waals surface area contributed by atoms with Gasteiger partial charge in [-0.25, -0.2) is 9.97 Å². The van der Waals surface area contributed by atoms with E-state index in [1.807, 2.05) is 6.07 Å². The fourth-order valence-electron chi connectivity index (χ4n) is 3.87. The molecule has 2 amide bonds. The van der Waals surface area contributed by atoms with E-state index < -0.39 is 40.5 Å². The van der Waals surface area contributed by atoms with Gasteiger partial charge in [0.15, 0.2) is 5.69 Å². The lowest BCUT2D eigenvalue weighted by Gasteiger charge is -2.16. The Bertz CT molecular complexity index is 1550. The summed E-state index contributed by atoms with van der Waals surface area (Å²) in [6.45, 7) is 1.12. The van der Waals surface area contributed by atoms with Crippen molar-refractivity contribution in [2.45, 2.75) is 19.6 Å². The summed E-state index contributed by atoms with van der Waals surface area (Å²) in [5.41, 5.74) is 8.33. The maximum atomic E-state index is 14.2. The molecule has 12 heteroatoms. The second-order valence-corrected chi connectivity index (χ2v) is 7.55. The lowest BCUT2D eigenvalue weighted by Crippen LogP contribution is -2.21. The first kappa shape index (κ1) is 23.4. The number of pyridine rings is 2. The van der Waals surface area contributed by atoms with Crippen LogP contribution < -0.4 is 11.5 Å². The Labute approximate surface area is 195 Å². The van der Waals surface area contributed by atoms with Gasteiger partial charge in [0.25, 0.3) is 5.91 Å². The number of benzene rings is 1. The minimum Gasteiger partial charge on any atom is -0.366 e. The molecule has 176 valence electrons. The summed E-state index contributed by atoms with van der Waals surface area (Å²) in [5, 5.41) is 12.9. The first-order chi connectivity index (χ1) is 16.5. The van der Waals surface area contributed by atoms with Crippen LogP contribution in [0.15, 0.2) is 42.5 Å². The molecule has 0 aliphatic rings. The zero-order valence-electron chi connectivity index (χ0n) is 18.1. The van der Waals surface area contributed by atoms with Crippen molar-refractivity contribution in [1.82, 2.24) is 19.7 Å². The molecule has 0 atom stereocenters. The molecule has 0 radical (unpaired) electrons. The van der Waals surface area contributed by atoms with Gasteiger partial charge in [0.1, 0.15) is 17.5 Å². The second kappa shape index (κ2) is 8.53. The van der Waals surface area contributed by atoms with Crippen LogP contribution >= 0.6 is 0 Å². The van der Waals surface area contributed by atoms with Gasteiger partial charge in [0, 0.05) is 22.2 Å². The van der Waals surface area contributed by atoms with E-state index in [-0.39, 0.29) is 40.1 Å². The minimum atomic E-state index is -4.97. The molecule has 0 fully saturated rings. The summed E-state index contributed by atoms with van der Waals surface area (Å²) in [5.74, 6) is -2.21. The van der Waals surface area contributed by atoms with E-state index in [9.17, 15) is 22.8 Å². The molecule has 4 aromatic rings. The average molecular weight is 479 g/mol. The number of fused-ring (bicyclic) bond motifs is 1. The number of halogens is 3. The average Bonchev–Trinajstić information content (AvgIpc) is 3.13. The topological polar surface area (TPSA) is 154 Å². The highest BCUT2D eigenvalue weighted by Crippen LogP contribution is 2.42. The highest BCUT2D eigenvalue weighted by molar-refractivity contribution is 6.15. The normalized spacial score (nSPS) is 11.4. The number of alkyl halides is 3. The van der Waals surface area contributed by atoms with Crippen LogP contribution in [0, 0.1) is 18.3 Å². The zero-order valence-corrected chi connectivity index (χ0v) is 18.1. The van der Waals surface area contributed by atoms with Crippen LogP contribution in [0.1, 0.15) is 43.6 Å². The molecule has 0 aliphatic carbocycles. The van der Waals surface area contributed by atoms with Crippen molar-refractivity contribution in [2.24, 2.45) is 11.5 Å². The standard InChI is InChI=1S/C23H16F3N7O2/c1-11-16(18-17(21(28)34)14-7-2-3-8-15(14)31-19(18)22(29)35)20(23(24,25)26)32-33(11)10-13-6-4-5-12(9-27)30-13/h2-8H,10H2,1H3,(H2,28,34)(H2,29,35). The van der Waals surface area contributed by atoms with Gasteiger partial charge in [0.05, 0.1) is 23.3 Å². The predicted octanol–water partition coefficient (Wildman–Crippen LogP) is 2.94. The number of amides is 2. The van der Waals surface area contributed by atoms with E-state index in [0.717, 1.165) is 4.68 Å². The summed E-state index contributed by atoms with van der Waals surface area (Å²) in [6, 6.07) is 12.4. The van der Waals surface area contributed by atoms with Crippen LogP contribution in [0.2, 0.25) is 0 Å². The monoisotopic (exact) mass is 479 g/mol. The van der Waals surface area contributed by atoms with E-state index in [4.69, 9.17) is 16.7 Å². The first-order valence-corrected chi connectivity index (χ1v) is 10.1. The molecule has 0 saturated carbocycles. The van der Waals surface area contributed by atoms with Crippen molar-refractivity contribution in [1.29, 1.82) is 5.26 Å². The molecule has 4 rings (SSSR count). The molecule has 0 aliphatic heterocycles. The third-order valence-electron chi connectivity index (χ3n) is 5.33. The van der Waals surface area contributed by atoms with E-state index in [1.165, 1.54) is 37.3 Å². The highest BCUT2D eigenvalue weighted by Gasteiger charge is 2.41. The molecule has 3 heterocycles. The fraction of sp³-hybridized carbons (Fsp3) is 0.130. The first-order valence-electron chi connectivity index (χ1n) is 10.1. The summed E-state index contributed by atoms with van der Waals surface area (Å²) in [7, 11) is 0. The van der Waals surface area contributed by atoms with Crippen molar-refractivity contribution >= 4 is 22.7 Å². The number of primary amides is 2. The van der Waals surface area contributed by atoms with Gasteiger partial charge < -0.3 is 11.5 Å². The van der Waals surface area contributed by atoms with Gasteiger partial charge >= 0.3 is 6.18 Å². The summed E-state index contributed by atoms with van der Waals surface area (Å²) in [6.07, 6.45) is -4.97. The minimum absolute atomic E-state index is 0.0384. The molecule has 0 bridgehead atoms. The molecule has 0 saturated heterocycles. The van der Waals surface area contributed by atoms with E-state index >= 15 is 0 Å². The number of carbonyl (C=O) groups excluding carboxylic acids is 2. The van der Waals surface area contributed by atoms with Gasteiger partial charge in [-0.1, -0.05) is 24.3 Å². The van der Waals surface area contributed by atoms with Crippen LogP contribution in [-0.2, 0) is 12.7 Å². The van der Waals surface area contributed by atoms with Crippen molar-refractivity contribution in [3.8, 4) is 17.2 Å². The Morgan fingerprint density at radius 1 is 1.03 bits per heavy atom. The maximum absolute atomic E-state index is 14.2. The largest absolute Gasteiger partial charge is 0.435 e. The number of para-hydroxylation sites is 1. The molecule has 3 aromatic heterocycles. The predicted molar refractivity (Wildman–Crippen MR) is 118 cm³/mol. The number of hydrogen-bond donors (Lipinski definition) is 2. The van der Waals surface area contributed by atoms with Crippen molar-refractivity contribution < 1.29 is 22.8 Å². The highest BCUT2D eigenvalue weighted by atomic mass is 19.4. The van der Waals surface area contributed by atoms with Crippen molar-refractivity contribution in [2.75, 3.05) is 0 Å². The Morgan fingerprint density at radius 3 is 2.37 bits per heavy atom. The molecule has 9 nitrogen and oxygen atoms in total. The summed E-state index contributed by atoms with van der Waals surface area (Å²) < 4.78 is 43.6. The lowest BCUT2D eigenvalue weighted by molar-refractivity contribution is -0.141. The molecule has 0 spiro atoms. The quantitative estimate of drug-likeness (QED) is 0.449. The number of nitrogens with zero attached hydrogens (tertiary/aromatic N) is 5. The number of hydrogen-bond acceptors (Lipinski definition) is 6. The smallest absolute Gasteiger partial charge is 0.366 e. The van der Waals surface area contributed by atoms with E-state index in [2.05, 4.69) is 15.1 Å². The van der Waals surface area contributed by atoms with E-state index in [1.54, 1.807) is 12.1 Å². The van der Waals surface area contributed by atoms with Gasteiger partial charge in [0.2, 0.25) is 5.91 Å². The Balaban J connectivity index is 2.08. The van der Waals surface area contributed by atoms with E-state index in [0.29, 0.717) is 0 Å². The molecule has 1 aromatic carbocycles. The van der Waals surface area contributed by atoms with Crippen molar-refractivity contribution in [3.63, 3.8) is 0 Å². The van der Waals surface area contributed by atoms with Gasteiger partial charge in [-0.15, -0.1) is 0 Å². The number of carbonyl (C=O) groups is 2. The van der Waals surface area contributed by atoms with Gasteiger partial charge in [-0.05, 0) is 25.1 Å². The molecular formula is C23H16F3N7O2. The third kappa shape index (κ3) is 4.15. The zero-order chi connectivity index (χ0) is 25.5. The third-order valence-corrected chi connectivity index (χ3v) is 5.33. The van der Waals surface area contributed by atoms with Crippen molar-refractivity contribution in [3.05, 3.63) is 76.5 Å². The Morgan fingerprint density at radius 2 is 1.74 bits per heavy atom. The van der Waals surface area contributed by atoms with Crippen LogP contribution in [0.3, 0.4) is 0 Å². The summed E-state index contributed by atoms with van der Waals surface area (Å²) in [4.78, 5) is 33.0. The second-order valence-electron chi connectivity index (χ2n) is 7.55. The lowest BCUT2D eigenvalue weighted by atomic mass is 9.92. The molecule has 35 heavy (non-hydrogen) atoms.